The van der Waals surface area contributed by atoms with E-state index in [0.717, 1.165) is 45.0 Å². The SMILES string of the molecule is Cc1cc(OCc2ccc(-c3ccccc3-c3nn[nH]n3)cc2)c(CN)c(C)n1. The van der Waals surface area contributed by atoms with Crippen molar-refractivity contribution in [2.75, 3.05) is 0 Å². The summed E-state index contributed by atoms with van der Waals surface area (Å²) in [5.74, 6) is 1.37. The molecular formula is C22H22N6O. The summed E-state index contributed by atoms with van der Waals surface area (Å²) in [5, 5.41) is 14.4. The number of aromatic amines is 1. The van der Waals surface area contributed by atoms with E-state index in [1.54, 1.807) is 0 Å². The summed E-state index contributed by atoms with van der Waals surface area (Å²) >= 11 is 0. The quantitative estimate of drug-likeness (QED) is 0.525. The second-order valence-corrected chi connectivity index (χ2v) is 6.80. The van der Waals surface area contributed by atoms with Crippen LogP contribution in [-0.2, 0) is 13.2 Å². The van der Waals surface area contributed by atoms with E-state index in [1.165, 1.54) is 0 Å². The molecule has 146 valence electrons. The molecule has 0 saturated carbocycles. The zero-order chi connectivity index (χ0) is 20.2. The van der Waals surface area contributed by atoms with Crippen LogP contribution in [0, 0.1) is 13.8 Å². The Labute approximate surface area is 169 Å². The molecule has 29 heavy (non-hydrogen) atoms. The van der Waals surface area contributed by atoms with Crippen LogP contribution in [-0.4, -0.2) is 25.6 Å². The third kappa shape index (κ3) is 4.00. The maximum absolute atomic E-state index is 6.05. The van der Waals surface area contributed by atoms with Crippen LogP contribution in [0.2, 0.25) is 0 Å². The summed E-state index contributed by atoms with van der Waals surface area (Å²) in [7, 11) is 0. The van der Waals surface area contributed by atoms with Crippen LogP contribution in [0.1, 0.15) is 22.5 Å². The Balaban J connectivity index is 1.55. The molecule has 2 aromatic carbocycles. The first-order chi connectivity index (χ1) is 14.2. The van der Waals surface area contributed by atoms with E-state index in [-0.39, 0.29) is 0 Å². The molecule has 2 heterocycles. The molecule has 0 aliphatic heterocycles. The van der Waals surface area contributed by atoms with Gasteiger partial charge in [-0.2, -0.15) is 5.21 Å². The van der Waals surface area contributed by atoms with Gasteiger partial charge < -0.3 is 10.5 Å². The number of rotatable bonds is 6. The fraction of sp³-hybridized carbons (Fsp3) is 0.182. The van der Waals surface area contributed by atoms with Gasteiger partial charge in [-0.05, 0) is 35.8 Å². The third-order valence-electron chi connectivity index (χ3n) is 4.79. The van der Waals surface area contributed by atoms with Crippen molar-refractivity contribution in [1.29, 1.82) is 0 Å². The van der Waals surface area contributed by atoms with Gasteiger partial charge in [0.1, 0.15) is 12.4 Å². The minimum atomic E-state index is 0.403. The fourth-order valence-corrected chi connectivity index (χ4v) is 3.34. The fourth-order valence-electron chi connectivity index (χ4n) is 3.34. The van der Waals surface area contributed by atoms with Crippen LogP contribution in [0.5, 0.6) is 5.75 Å². The van der Waals surface area contributed by atoms with E-state index in [9.17, 15) is 0 Å². The van der Waals surface area contributed by atoms with Crippen molar-refractivity contribution in [3.63, 3.8) is 0 Å². The first-order valence-corrected chi connectivity index (χ1v) is 9.38. The molecule has 3 N–H and O–H groups in total. The van der Waals surface area contributed by atoms with Gasteiger partial charge in [-0.25, -0.2) is 0 Å². The highest BCUT2D eigenvalue weighted by Crippen LogP contribution is 2.30. The van der Waals surface area contributed by atoms with Crippen LogP contribution < -0.4 is 10.5 Å². The molecule has 2 aromatic heterocycles. The van der Waals surface area contributed by atoms with Crippen molar-refractivity contribution in [2.24, 2.45) is 5.73 Å². The van der Waals surface area contributed by atoms with Crippen molar-refractivity contribution < 1.29 is 4.74 Å². The number of nitrogens with one attached hydrogen (secondary N) is 1. The molecule has 0 fully saturated rings. The summed E-state index contributed by atoms with van der Waals surface area (Å²) in [6.07, 6.45) is 0. The summed E-state index contributed by atoms with van der Waals surface area (Å²) in [5.41, 5.74) is 12.8. The number of benzene rings is 2. The lowest BCUT2D eigenvalue weighted by molar-refractivity contribution is 0.302. The van der Waals surface area contributed by atoms with Crippen molar-refractivity contribution >= 4 is 0 Å². The van der Waals surface area contributed by atoms with Crippen molar-refractivity contribution in [1.82, 2.24) is 25.6 Å². The number of aromatic nitrogens is 5. The molecule has 4 aromatic rings. The van der Waals surface area contributed by atoms with E-state index in [4.69, 9.17) is 10.5 Å². The minimum Gasteiger partial charge on any atom is -0.488 e. The smallest absolute Gasteiger partial charge is 0.205 e. The molecule has 0 aliphatic rings. The highest BCUT2D eigenvalue weighted by Gasteiger charge is 2.11. The van der Waals surface area contributed by atoms with Crippen LogP contribution in [0.25, 0.3) is 22.5 Å². The van der Waals surface area contributed by atoms with Crippen LogP contribution >= 0.6 is 0 Å². The van der Waals surface area contributed by atoms with Crippen molar-refractivity contribution in [3.05, 3.63) is 77.1 Å². The summed E-state index contributed by atoms with van der Waals surface area (Å²) in [6, 6.07) is 18.2. The van der Waals surface area contributed by atoms with Gasteiger partial charge in [0, 0.05) is 35.1 Å². The number of tetrazole rings is 1. The van der Waals surface area contributed by atoms with Crippen molar-refractivity contribution in [3.8, 4) is 28.3 Å². The Hall–Kier alpha value is -3.58. The Morgan fingerprint density at radius 1 is 1.00 bits per heavy atom. The van der Waals surface area contributed by atoms with E-state index < -0.39 is 0 Å². The number of ether oxygens (including phenoxy) is 1. The molecular weight excluding hydrogens is 364 g/mol. The van der Waals surface area contributed by atoms with Gasteiger partial charge in [0.15, 0.2) is 0 Å². The predicted molar refractivity (Wildman–Crippen MR) is 111 cm³/mol. The molecule has 0 radical (unpaired) electrons. The normalized spacial score (nSPS) is 10.9. The van der Waals surface area contributed by atoms with Crippen LogP contribution in [0.3, 0.4) is 0 Å². The number of nitrogens with zero attached hydrogens (tertiary/aromatic N) is 4. The second-order valence-electron chi connectivity index (χ2n) is 6.80. The monoisotopic (exact) mass is 386 g/mol. The molecule has 7 heteroatoms. The maximum Gasteiger partial charge on any atom is 0.205 e. The first kappa shape index (κ1) is 18.8. The number of hydrogen-bond acceptors (Lipinski definition) is 6. The van der Waals surface area contributed by atoms with Gasteiger partial charge >= 0.3 is 0 Å². The first-order valence-electron chi connectivity index (χ1n) is 9.38. The zero-order valence-corrected chi connectivity index (χ0v) is 16.4. The number of hydrogen-bond donors (Lipinski definition) is 2. The van der Waals surface area contributed by atoms with E-state index in [1.807, 2.05) is 44.2 Å². The van der Waals surface area contributed by atoms with E-state index in [0.29, 0.717) is 19.0 Å². The van der Waals surface area contributed by atoms with E-state index >= 15 is 0 Å². The molecule has 0 amide bonds. The highest BCUT2D eigenvalue weighted by atomic mass is 16.5. The summed E-state index contributed by atoms with van der Waals surface area (Å²) < 4.78 is 6.05. The number of H-pyrrole nitrogens is 1. The van der Waals surface area contributed by atoms with Crippen molar-refractivity contribution in [2.45, 2.75) is 27.0 Å². The van der Waals surface area contributed by atoms with E-state index in [2.05, 4.69) is 49.9 Å². The lowest BCUT2D eigenvalue weighted by Gasteiger charge is -2.14. The Morgan fingerprint density at radius 3 is 2.45 bits per heavy atom. The average molecular weight is 386 g/mol. The zero-order valence-electron chi connectivity index (χ0n) is 16.4. The maximum atomic E-state index is 6.05. The Kier molecular flexibility index (Phi) is 5.31. The van der Waals surface area contributed by atoms with Gasteiger partial charge in [-0.1, -0.05) is 48.5 Å². The lowest BCUT2D eigenvalue weighted by atomic mass is 9.98. The summed E-state index contributed by atoms with van der Waals surface area (Å²) in [4.78, 5) is 4.46. The Bertz CT molecular complexity index is 1110. The highest BCUT2D eigenvalue weighted by molar-refractivity contribution is 5.80. The molecule has 0 unspecified atom stereocenters. The minimum absolute atomic E-state index is 0.403. The molecule has 0 bridgehead atoms. The standard InChI is InChI=1S/C22H22N6O/c1-14-11-21(20(12-23)15(2)24-14)29-13-16-7-9-17(10-8-16)18-5-3-4-6-19(18)22-25-27-28-26-22/h3-11H,12-13,23H2,1-2H3,(H,25,26,27,28). The molecule has 0 aliphatic carbocycles. The average Bonchev–Trinajstić information content (AvgIpc) is 3.27. The molecule has 4 rings (SSSR count). The predicted octanol–water partition coefficient (Wildman–Crippen LogP) is 3.58. The number of nitrogens with two attached hydrogens (primary N) is 1. The van der Waals surface area contributed by atoms with Gasteiger partial charge in [-0.15, -0.1) is 10.2 Å². The van der Waals surface area contributed by atoms with Gasteiger partial charge in [-0.3, -0.25) is 4.98 Å². The number of aryl methyl sites for hydroxylation is 2. The van der Waals surface area contributed by atoms with Gasteiger partial charge in [0.05, 0.1) is 0 Å². The second kappa shape index (κ2) is 8.20. The lowest BCUT2D eigenvalue weighted by Crippen LogP contribution is -2.07. The largest absolute Gasteiger partial charge is 0.488 e. The summed E-state index contributed by atoms with van der Waals surface area (Å²) in [6.45, 7) is 4.77. The Morgan fingerprint density at radius 2 is 1.76 bits per heavy atom. The van der Waals surface area contributed by atoms with Gasteiger partial charge in [0.2, 0.25) is 5.82 Å². The topological polar surface area (TPSA) is 103 Å². The molecule has 0 atom stereocenters. The molecule has 0 saturated heterocycles. The van der Waals surface area contributed by atoms with Crippen LogP contribution in [0.4, 0.5) is 0 Å². The number of pyridine rings is 1. The van der Waals surface area contributed by atoms with Gasteiger partial charge in [0.25, 0.3) is 0 Å². The molecule has 7 nitrogen and oxygen atoms in total. The van der Waals surface area contributed by atoms with Crippen LogP contribution in [0.15, 0.2) is 54.6 Å². The molecule has 0 spiro atoms. The third-order valence-corrected chi connectivity index (χ3v) is 4.79.